The van der Waals surface area contributed by atoms with Gasteiger partial charge in [0.2, 0.25) is 5.91 Å². The number of allylic oxidation sites excluding steroid dienone is 1. The van der Waals surface area contributed by atoms with E-state index in [9.17, 15) is 4.79 Å². The summed E-state index contributed by atoms with van der Waals surface area (Å²) >= 11 is 1.70. The SMILES string of the molecule is O=C(Cc1scc2ccccc12)NC1CCN(C/C2=C/CCCCCC2)CC1. The third-order valence-electron chi connectivity index (χ3n) is 6.17. The van der Waals surface area contributed by atoms with E-state index in [0.717, 1.165) is 32.5 Å². The van der Waals surface area contributed by atoms with Crippen LogP contribution in [0.25, 0.3) is 10.8 Å². The Bertz CT molecular complexity index is 817. The van der Waals surface area contributed by atoms with Gasteiger partial charge < -0.3 is 5.32 Å². The molecule has 150 valence electrons. The first-order chi connectivity index (χ1) is 13.8. The van der Waals surface area contributed by atoms with E-state index in [1.54, 1.807) is 16.9 Å². The number of fused-ring (bicyclic) bond motifs is 1. The van der Waals surface area contributed by atoms with Crippen LogP contribution in [0.3, 0.4) is 0 Å². The normalized spacial score (nSPS) is 21.6. The summed E-state index contributed by atoms with van der Waals surface area (Å²) in [5, 5.41) is 7.91. The molecule has 2 aromatic rings. The van der Waals surface area contributed by atoms with E-state index < -0.39 is 0 Å². The van der Waals surface area contributed by atoms with Gasteiger partial charge in [0.1, 0.15) is 0 Å². The Balaban J connectivity index is 1.23. The molecular formula is C24H32N2OS. The maximum Gasteiger partial charge on any atom is 0.225 e. The molecule has 3 nitrogen and oxygen atoms in total. The van der Waals surface area contributed by atoms with Gasteiger partial charge in [-0.15, -0.1) is 11.3 Å². The number of piperidine rings is 1. The molecular weight excluding hydrogens is 364 g/mol. The number of likely N-dealkylation sites (tertiary alicyclic amines) is 1. The van der Waals surface area contributed by atoms with Crippen LogP contribution in [0.4, 0.5) is 0 Å². The molecule has 4 rings (SSSR count). The van der Waals surface area contributed by atoms with Crippen LogP contribution in [0, 0.1) is 0 Å². The Morgan fingerprint density at radius 2 is 1.93 bits per heavy atom. The number of nitrogens with one attached hydrogen (secondary N) is 1. The van der Waals surface area contributed by atoms with Crippen molar-refractivity contribution in [2.75, 3.05) is 19.6 Å². The number of thiophene rings is 1. The highest BCUT2D eigenvalue weighted by atomic mass is 32.1. The molecule has 0 radical (unpaired) electrons. The van der Waals surface area contributed by atoms with Crippen molar-refractivity contribution in [1.82, 2.24) is 10.2 Å². The monoisotopic (exact) mass is 396 g/mol. The highest BCUT2D eigenvalue weighted by molar-refractivity contribution is 7.11. The lowest BCUT2D eigenvalue weighted by molar-refractivity contribution is -0.121. The van der Waals surface area contributed by atoms with Crippen molar-refractivity contribution in [3.05, 3.63) is 46.2 Å². The number of amides is 1. The van der Waals surface area contributed by atoms with Gasteiger partial charge in [0.15, 0.2) is 0 Å². The van der Waals surface area contributed by atoms with E-state index in [1.165, 1.54) is 54.2 Å². The zero-order valence-corrected chi connectivity index (χ0v) is 17.6. The van der Waals surface area contributed by atoms with Gasteiger partial charge in [-0.25, -0.2) is 0 Å². The minimum atomic E-state index is 0.175. The highest BCUT2D eigenvalue weighted by Gasteiger charge is 2.21. The van der Waals surface area contributed by atoms with Crippen molar-refractivity contribution in [1.29, 1.82) is 0 Å². The first-order valence-corrected chi connectivity index (χ1v) is 11.8. The van der Waals surface area contributed by atoms with Gasteiger partial charge >= 0.3 is 0 Å². The first kappa shape index (κ1) is 19.7. The van der Waals surface area contributed by atoms with E-state index in [-0.39, 0.29) is 5.91 Å². The predicted octanol–water partition coefficient (Wildman–Crippen LogP) is 5.31. The minimum Gasteiger partial charge on any atom is -0.353 e. The van der Waals surface area contributed by atoms with Gasteiger partial charge in [0.25, 0.3) is 0 Å². The van der Waals surface area contributed by atoms with Crippen LogP contribution < -0.4 is 5.32 Å². The van der Waals surface area contributed by atoms with E-state index in [1.807, 2.05) is 0 Å². The molecule has 2 heterocycles. The Hall–Kier alpha value is -1.65. The summed E-state index contributed by atoms with van der Waals surface area (Å²) in [5.74, 6) is 0.175. The third kappa shape index (κ3) is 5.24. The van der Waals surface area contributed by atoms with Crippen LogP contribution >= 0.6 is 11.3 Å². The predicted molar refractivity (Wildman–Crippen MR) is 119 cm³/mol. The molecule has 1 aromatic heterocycles. The molecule has 4 heteroatoms. The lowest BCUT2D eigenvalue weighted by atomic mass is 9.98. The third-order valence-corrected chi connectivity index (χ3v) is 7.20. The fourth-order valence-corrected chi connectivity index (χ4v) is 5.54. The van der Waals surface area contributed by atoms with Crippen LogP contribution in [-0.2, 0) is 11.2 Å². The second-order valence-electron chi connectivity index (χ2n) is 8.36. The molecule has 2 aliphatic rings. The van der Waals surface area contributed by atoms with Crippen LogP contribution in [0.15, 0.2) is 41.3 Å². The van der Waals surface area contributed by atoms with Crippen LogP contribution in [0.2, 0.25) is 0 Å². The summed E-state index contributed by atoms with van der Waals surface area (Å²) in [6, 6.07) is 8.68. The van der Waals surface area contributed by atoms with Crippen LogP contribution in [0.1, 0.15) is 56.2 Å². The second-order valence-corrected chi connectivity index (χ2v) is 9.32. The quantitative estimate of drug-likeness (QED) is 0.695. The largest absolute Gasteiger partial charge is 0.353 e. The van der Waals surface area contributed by atoms with Crippen molar-refractivity contribution in [2.45, 2.75) is 63.8 Å². The lowest BCUT2D eigenvalue weighted by Gasteiger charge is -2.33. The zero-order chi connectivity index (χ0) is 19.2. The summed E-state index contributed by atoms with van der Waals surface area (Å²) in [4.78, 5) is 16.3. The van der Waals surface area contributed by atoms with E-state index in [4.69, 9.17) is 0 Å². The van der Waals surface area contributed by atoms with Crippen molar-refractivity contribution in [3.8, 4) is 0 Å². The molecule has 1 amide bonds. The Kier molecular flexibility index (Phi) is 6.81. The molecule has 1 N–H and O–H groups in total. The summed E-state index contributed by atoms with van der Waals surface area (Å²) in [7, 11) is 0. The van der Waals surface area contributed by atoms with Crippen LogP contribution in [-0.4, -0.2) is 36.5 Å². The molecule has 1 aliphatic heterocycles. The molecule has 0 bridgehead atoms. The van der Waals surface area contributed by atoms with Crippen molar-refractivity contribution >= 4 is 28.0 Å². The Morgan fingerprint density at radius 1 is 1.11 bits per heavy atom. The van der Waals surface area contributed by atoms with Gasteiger partial charge in [-0.05, 0) is 54.7 Å². The van der Waals surface area contributed by atoms with Gasteiger partial charge in [-0.2, -0.15) is 0 Å². The Morgan fingerprint density at radius 3 is 2.82 bits per heavy atom. The van der Waals surface area contributed by atoms with Gasteiger partial charge in [-0.3, -0.25) is 9.69 Å². The van der Waals surface area contributed by atoms with E-state index in [0.29, 0.717) is 12.5 Å². The zero-order valence-electron chi connectivity index (χ0n) is 16.8. The number of benzene rings is 1. The molecule has 28 heavy (non-hydrogen) atoms. The molecule has 1 saturated heterocycles. The summed E-state index contributed by atoms with van der Waals surface area (Å²) in [6.45, 7) is 3.34. The van der Waals surface area contributed by atoms with E-state index in [2.05, 4.69) is 45.9 Å². The number of hydrogen-bond acceptors (Lipinski definition) is 3. The number of carbonyl (C=O) groups excluding carboxylic acids is 1. The smallest absolute Gasteiger partial charge is 0.225 e. The van der Waals surface area contributed by atoms with Crippen molar-refractivity contribution < 1.29 is 4.79 Å². The average molecular weight is 397 g/mol. The minimum absolute atomic E-state index is 0.175. The summed E-state index contributed by atoms with van der Waals surface area (Å²) in [6.07, 6.45) is 13.2. The molecule has 1 fully saturated rings. The van der Waals surface area contributed by atoms with Crippen LogP contribution in [0.5, 0.6) is 0 Å². The van der Waals surface area contributed by atoms with Gasteiger partial charge in [0.05, 0.1) is 6.42 Å². The fraction of sp³-hybridized carbons (Fsp3) is 0.542. The number of hydrogen-bond donors (Lipinski definition) is 1. The number of carbonyl (C=O) groups is 1. The number of rotatable bonds is 5. The van der Waals surface area contributed by atoms with Gasteiger partial charge in [0, 0.05) is 30.6 Å². The maximum atomic E-state index is 12.6. The topological polar surface area (TPSA) is 32.3 Å². The van der Waals surface area contributed by atoms with Crippen molar-refractivity contribution in [2.24, 2.45) is 0 Å². The fourth-order valence-electron chi connectivity index (χ4n) is 4.54. The molecule has 0 spiro atoms. The molecule has 1 aliphatic carbocycles. The highest BCUT2D eigenvalue weighted by Crippen LogP contribution is 2.26. The lowest BCUT2D eigenvalue weighted by Crippen LogP contribution is -2.45. The first-order valence-electron chi connectivity index (χ1n) is 10.9. The average Bonchev–Trinajstić information content (AvgIpc) is 3.08. The standard InChI is InChI=1S/C24H32N2OS/c27-24(16-23-22-11-7-6-10-20(22)18-28-23)25-21-12-14-26(15-13-21)17-19-8-4-2-1-3-5-9-19/h6-8,10-11,18,21H,1-5,9,12-17H2,(H,25,27)/b19-8+. The van der Waals surface area contributed by atoms with Crippen molar-refractivity contribution in [3.63, 3.8) is 0 Å². The summed E-state index contributed by atoms with van der Waals surface area (Å²) < 4.78 is 0. The Labute approximate surface area is 172 Å². The number of nitrogens with zero attached hydrogens (tertiary/aromatic N) is 1. The van der Waals surface area contributed by atoms with Gasteiger partial charge in [-0.1, -0.05) is 48.8 Å². The molecule has 1 aromatic carbocycles. The second kappa shape index (κ2) is 9.71. The molecule has 0 atom stereocenters. The molecule has 0 unspecified atom stereocenters. The van der Waals surface area contributed by atoms with E-state index >= 15 is 0 Å². The molecule has 0 saturated carbocycles. The maximum absolute atomic E-state index is 12.6. The summed E-state index contributed by atoms with van der Waals surface area (Å²) in [5.41, 5.74) is 1.65.